The van der Waals surface area contributed by atoms with Gasteiger partial charge in [0.2, 0.25) is 0 Å². The minimum atomic E-state index is -0.153. The highest BCUT2D eigenvalue weighted by molar-refractivity contribution is 6.47. The second kappa shape index (κ2) is 3.26. The summed E-state index contributed by atoms with van der Waals surface area (Å²) in [5.41, 5.74) is -0.307. The highest BCUT2D eigenvalue weighted by Crippen LogP contribution is 2.55. The maximum Gasteiger partial charge on any atom is 0.461 e. The number of fused-ring (bicyclic) bond motifs is 2. The average molecular weight is 222 g/mol. The van der Waals surface area contributed by atoms with Gasteiger partial charge in [-0.1, -0.05) is 12.8 Å². The lowest BCUT2D eigenvalue weighted by Gasteiger charge is -2.32. The summed E-state index contributed by atoms with van der Waals surface area (Å²) in [5, 5.41) is 0. The molecule has 1 saturated heterocycles. The molecule has 0 amide bonds. The van der Waals surface area contributed by atoms with Gasteiger partial charge in [-0.05, 0) is 58.2 Å². The summed E-state index contributed by atoms with van der Waals surface area (Å²) in [7, 11) is 0.0558. The van der Waals surface area contributed by atoms with Crippen LogP contribution < -0.4 is 0 Å². The molecule has 16 heavy (non-hydrogen) atoms. The lowest BCUT2D eigenvalue weighted by molar-refractivity contribution is 0.00578. The molecule has 0 unspecified atom stereocenters. The van der Waals surface area contributed by atoms with E-state index in [9.17, 15) is 0 Å². The molecule has 90 valence electrons. The Hall–Kier alpha value is -0.0151. The quantitative estimate of drug-likeness (QED) is 0.634. The van der Waals surface area contributed by atoms with Gasteiger partial charge in [-0.3, -0.25) is 0 Å². The minimum Gasteiger partial charge on any atom is -0.403 e. The van der Waals surface area contributed by atoms with Gasteiger partial charge in [0.05, 0.1) is 11.2 Å². The molecule has 0 aromatic heterocycles. The Morgan fingerprint density at radius 3 is 2.00 bits per heavy atom. The third kappa shape index (κ3) is 1.47. The Balaban J connectivity index is 1.74. The number of hydrogen-bond acceptors (Lipinski definition) is 2. The lowest BCUT2D eigenvalue weighted by Crippen LogP contribution is -2.41. The Morgan fingerprint density at radius 2 is 1.56 bits per heavy atom. The van der Waals surface area contributed by atoms with Gasteiger partial charge in [0, 0.05) is 0 Å². The summed E-state index contributed by atoms with van der Waals surface area (Å²) < 4.78 is 12.4. The fourth-order valence-electron chi connectivity index (χ4n) is 3.69. The van der Waals surface area contributed by atoms with Crippen molar-refractivity contribution in [3.05, 3.63) is 0 Å². The normalized spacial score (nSPS) is 44.2. The Morgan fingerprint density at radius 1 is 0.938 bits per heavy atom. The van der Waals surface area contributed by atoms with Crippen molar-refractivity contribution in [2.75, 3.05) is 0 Å². The molecule has 2 aliphatic carbocycles. The molecule has 1 aliphatic heterocycles. The van der Waals surface area contributed by atoms with E-state index in [0.717, 1.165) is 11.8 Å². The van der Waals surface area contributed by atoms with Crippen LogP contribution in [0.4, 0.5) is 0 Å². The zero-order valence-electron chi connectivity index (χ0n) is 11.0. The van der Waals surface area contributed by atoms with Gasteiger partial charge in [-0.25, -0.2) is 0 Å². The molecule has 2 saturated carbocycles. The topological polar surface area (TPSA) is 18.5 Å². The fraction of sp³-hybridized carbons (Fsp3) is 1.00. The second-order valence-electron chi connectivity index (χ2n) is 6.96. The monoisotopic (exact) mass is 222 g/mol. The summed E-state index contributed by atoms with van der Waals surface area (Å²) in [5.74, 6) is 2.51. The highest BCUT2D eigenvalue weighted by Gasteiger charge is 2.57. The molecule has 0 aromatic carbocycles. The average Bonchev–Trinajstić information content (AvgIpc) is 2.79. The second-order valence-corrected chi connectivity index (χ2v) is 6.96. The van der Waals surface area contributed by atoms with Crippen LogP contribution in [0.5, 0.6) is 0 Å². The van der Waals surface area contributed by atoms with Gasteiger partial charge in [-0.15, -0.1) is 0 Å². The Labute approximate surface area is 99.2 Å². The third-order valence-corrected chi connectivity index (χ3v) is 5.41. The molecule has 3 heteroatoms. The molecule has 0 N–H and O–H groups in total. The van der Waals surface area contributed by atoms with Gasteiger partial charge < -0.3 is 9.31 Å². The maximum atomic E-state index is 6.18. The molecule has 0 spiro atoms. The van der Waals surface area contributed by atoms with Crippen LogP contribution in [0.25, 0.3) is 0 Å². The molecule has 2 bridgehead atoms. The lowest BCUT2D eigenvalue weighted by atomic mass is 9.64. The summed E-state index contributed by atoms with van der Waals surface area (Å²) in [6.45, 7) is 8.61. The molecule has 3 aliphatic rings. The summed E-state index contributed by atoms with van der Waals surface area (Å²) >= 11 is 0. The van der Waals surface area contributed by atoms with E-state index in [0.29, 0.717) is 5.82 Å². The van der Waals surface area contributed by atoms with Gasteiger partial charge in [0.25, 0.3) is 0 Å². The van der Waals surface area contributed by atoms with Crippen LogP contribution >= 0.6 is 0 Å². The highest BCUT2D eigenvalue weighted by atomic mass is 16.7. The molecular formula is C13H23BO2. The first-order valence-electron chi connectivity index (χ1n) is 6.75. The summed E-state index contributed by atoms with van der Waals surface area (Å²) in [6, 6.07) is 0. The van der Waals surface area contributed by atoms with Crippen molar-refractivity contribution in [3.8, 4) is 0 Å². The zero-order chi connectivity index (χ0) is 11.6. The van der Waals surface area contributed by atoms with E-state index < -0.39 is 0 Å². The van der Waals surface area contributed by atoms with Crippen LogP contribution in [-0.4, -0.2) is 18.3 Å². The largest absolute Gasteiger partial charge is 0.461 e. The Kier molecular flexibility index (Phi) is 2.26. The van der Waals surface area contributed by atoms with Crippen molar-refractivity contribution >= 4 is 7.12 Å². The van der Waals surface area contributed by atoms with Crippen LogP contribution in [0.15, 0.2) is 0 Å². The molecule has 1 heterocycles. The van der Waals surface area contributed by atoms with Crippen molar-refractivity contribution in [2.45, 2.75) is 70.4 Å². The van der Waals surface area contributed by atoms with E-state index in [1.807, 2.05) is 0 Å². The van der Waals surface area contributed by atoms with Crippen molar-refractivity contribution in [2.24, 2.45) is 11.8 Å². The van der Waals surface area contributed by atoms with Crippen molar-refractivity contribution in [1.29, 1.82) is 0 Å². The van der Waals surface area contributed by atoms with E-state index in [4.69, 9.17) is 9.31 Å². The minimum absolute atomic E-state index is 0.0558. The van der Waals surface area contributed by atoms with E-state index in [1.165, 1.54) is 25.7 Å². The molecule has 3 rings (SSSR count). The molecule has 0 aromatic rings. The number of hydrogen-bond donors (Lipinski definition) is 0. The predicted molar refractivity (Wildman–Crippen MR) is 65.3 cm³/mol. The van der Waals surface area contributed by atoms with E-state index in [2.05, 4.69) is 27.7 Å². The fourth-order valence-corrected chi connectivity index (χ4v) is 3.69. The van der Waals surface area contributed by atoms with Crippen LogP contribution in [0.3, 0.4) is 0 Å². The summed E-state index contributed by atoms with van der Waals surface area (Å²) in [6.07, 6.45) is 5.61. The standard InChI is InChI=1S/C13H23BO2/c1-12(2)13(3,4)16-14(15-12)11-8-9-5-6-10(11)7-9/h9-11H,5-8H2,1-4H3/t9-,10+,11+/m1/s1. The van der Waals surface area contributed by atoms with E-state index >= 15 is 0 Å². The maximum absolute atomic E-state index is 6.18. The first-order valence-corrected chi connectivity index (χ1v) is 6.75. The summed E-state index contributed by atoms with van der Waals surface area (Å²) in [4.78, 5) is 0. The third-order valence-electron chi connectivity index (χ3n) is 5.41. The van der Waals surface area contributed by atoms with Crippen LogP contribution in [0.2, 0.25) is 5.82 Å². The van der Waals surface area contributed by atoms with Crippen LogP contribution in [0.1, 0.15) is 53.4 Å². The van der Waals surface area contributed by atoms with Crippen LogP contribution in [0, 0.1) is 11.8 Å². The first-order chi connectivity index (χ1) is 7.39. The predicted octanol–water partition coefficient (Wildman–Crippen LogP) is 3.27. The van der Waals surface area contributed by atoms with E-state index in [-0.39, 0.29) is 18.3 Å². The van der Waals surface area contributed by atoms with Crippen molar-refractivity contribution in [3.63, 3.8) is 0 Å². The van der Waals surface area contributed by atoms with Gasteiger partial charge in [0.1, 0.15) is 0 Å². The number of rotatable bonds is 1. The first kappa shape index (κ1) is 11.1. The van der Waals surface area contributed by atoms with Crippen LogP contribution in [-0.2, 0) is 9.31 Å². The van der Waals surface area contributed by atoms with Gasteiger partial charge >= 0.3 is 7.12 Å². The molecule has 0 radical (unpaired) electrons. The van der Waals surface area contributed by atoms with E-state index in [1.54, 1.807) is 0 Å². The van der Waals surface area contributed by atoms with Gasteiger partial charge in [-0.2, -0.15) is 0 Å². The SMILES string of the molecule is CC1(C)OB([C@H]2C[C@@H]3CC[C@H]2C3)OC1(C)C. The van der Waals surface area contributed by atoms with Crippen molar-refractivity contribution < 1.29 is 9.31 Å². The van der Waals surface area contributed by atoms with Gasteiger partial charge in [0.15, 0.2) is 0 Å². The Bertz CT molecular complexity index is 284. The molecule has 3 fully saturated rings. The zero-order valence-corrected chi connectivity index (χ0v) is 11.0. The molecular weight excluding hydrogens is 199 g/mol. The van der Waals surface area contributed by atoms with Crippen molar-refractivity contribution in [1.82, 2.24) is 0 Å². The molecule has 3 atom stereocenters. The smallest absolute Gasteiger partial charge is 0.403 e. The molecule has 2 nitrogen and oxygen atoms in total.